The third-order valence-corrected chi connectivity index (χ3v) is 6.65. The lowest BCUT2D eigenvalue weighted by Crippen LogP contribution is -2.37. The Bertz CT molecular complexity index is 1070. The smallest absolute Gasteiger partial charge is 0.185 e. The number of rotatable bonds is 8. The third kappa shape index (κ3) is 6.49. The van der Waals surface area contributed by atoms with Crippen LogP contribution >= 0.6 is 11.6 Å². The fourth-order valence-electron chi connectivity index (χ4n) is 3.06. The Hall–Kier alpha value is -2.49. The van der Waals surface area contributed by atoms with E-state index < -0.39 is 15.7 Å². The summed E-state index contributed by atoms with van der Waals surface area (Å²) in [4.78, 5) is 11.0. The number of nitrogens with one attached hydrogen (secondary N) is 1. The number of nitrogens with zero attached hydrogens (tertiary/aromatic N) is 3. The van der Waals surface area contributed by atoms with Crippen molar-refractivity contribution in [2.45, 2.75) is 17.1 Å². The second-order valence-electron chi connectivity index (χ2n) is 6.85. The highest BCUT2D eigenvalue weighted by Gasteiger charge is 2.22. The van der Waals surface area contributed by atoms with Crippen LogP contribution in [0.1, 0.15) is 11.5 Å². The van der Waals surface area contributed by atoms with E-state index in [1.165, 1.54) is 6.07 Å². The zero-order valence-electron chi connectivity index (χ0n) is 17.1. The summed E-state index contributed by atoms with van der Waals surface area (Å²) >= 11 is 5.98. The van der Waals surface area contributed by atoms with Crippen molar-refractivity contribution >= 4 is 27.3 Å². The zero-order chi connectivity index (χ0) is 22.3. The van der Waals surface area contributed by atoms with Gasteiger partial charge < -0.3 is 15.0 Å². The van der Waals surface area contributed by atoms with Crippen LogP contribution in [0.3, 0.4) is 0 Å². The Labute approximate surface area is 186 Å². The molecular weight excluding hydrogens is 443 g/mol. The van der Waals surface area contributed by atoms with Crippen molar-refractivity contribution in [3.63, 3.8) is 0 Å². The molecule has 1 aliphatic heterocycles. The zero-order valence-corrected chi connectivity index (χ0v) is 18.7. The average Bonchev–Trinajstić information content (AvgIpc) is 2.73. The van der Waals surface area contributed by atoms with Crippen molar-refractivity contribution in [1.82, 2.24) is 15.3 Å². The van der Waals surface area contributed by atoms with E-state index in [2.05, 4.69) is 15.3 Å². The first-order chi connectivity index (χ1) is 14.9. The summed E-state index contributed by atoms with van der Waals surface area (Å²) in [7, 11) is -2.02. The summed E-state index contributed by atoms with van der Waals surface area (Å²) in [5, 5.41) is 2.74. The first kappa shape index (κ1) is 23.2. The highest BCUT2D eigenvalue weighted by Crippen LogP contribution is 2.26. The van der Waals surface area contributed by atoms with Crippen molar-refractivity contribution in [3.8, 4) is 0 Å². The van der Waals surface area contributed by atoms with Gasteiger partial charge >= 0.3 is 0 Å². The summed E-state index contributed by atoms with van der Waals surface area (Å²) in [5.41, 5.74) is 0.353. The van der Waals surface area contributed by atoms with Crippen molar-refractivity contribution in [2.24, 2.45) is 0 Å². The van der Waals surface area contributed by atoms with E-state index in [0.717, 1.165) is 12.1 Å². The molecule has 0 unspecified atom stereocenters. The molecule has 2 aromatic rings. The van der Waals surface area contributed by atoms with Gasteiger partial charge in [0.2, 0.25) is 0 Å². The van der Waals surface area contributed by atoms with Crippen LogP contribution in [0.2, 0.25) is 5.02 Å². The lowest BCUT2D eigenvalue weighted by atomic mass is 10.3. The van der Waals surface area contributed by atoms with Gasteiger partial charge in [0.15, 0.2) is 9.84 Å². The quantitative estimate of drug-likeness (QED) is 0.473. The van der Waals surface area contributed by atoms with Gasteiger partial charge in [-0.3, -0.25) is 0 Å². The van der Waals surface area contributed by atoms with Gasteiger partial charge in [-0.1, -0.05) is 23.8 Å². The molecule has 7 nitrogen and oxygen atoms in total. The van der Waals surface area contributed by atoms with E-state index >= 15 is 0 Å². The van der Waals surface area contributed by atoms with Crippen LogP contribution in [0.15, 0.2) is 53.6 Å². The molecule has 2 heterocycles. The molecule has 0 spiro atoms. The molecule has 31 heavy (non-hydrogen) atoms. The van der Waals surface area contributed by atoms with Crippen molar-refractivity contribution in [2.75, 3.05) is 38.3 Å². The van der Waals surface area contributed by atoms with Gasteiger partial charge in [0.05, 0.1) is 34.6 Å². The predicted molar refractivity (Wildman–Crippen MR) is 118 cm³/mol. The maximum absolute atomic E-state index is 13.3. The maximum Gasteiger partial charge on any atom is 0.185 e. The largest absolute Gasteiger partial charge is 0.394 e. The number of hydrogen-bond acceptors (Lipinski definition) is 7. The van der Waals surface area contributed by atoms with Gasteiger partial charge in [0, 0.05) is 32.6 Å². The van der Waals surface area contributed by atoms with E-state index in [0.29, 0.717) is 50.1 Å². The standard InChI is InChI=1S/C21H24ClFN4O3S/c1-24-8-4-2-3-5-20-25-17(14-21(26-20)27-9-11-30-12-10-27)15-31(28,29)19-7-6-16(23)13-18(19)22/h2-4,6-8,13-14,24H,5,9-12,15H2,1H3/b3-2-,8-4-. The number of benzene rings is 1. The highest BCUT2D eigenvalue weighted by atomic mass is 35.5. The van der Waals surface area contributed by atoms with E-state index in [4.69, 9.17) is 16.3 Å². The van der Waals surface area contributed by atoms with Crippen LogP contribution in [0, 0.1) is 5.82 Å². The first-order valence-electron chi connectivity index (χ1n) is 9.75. The molecule has 0 aliphatic carbocycles. The Morgan fingerprint density at radius 2 is 2.00 bits per heavy atom. The molecule has 1 aliphatic rings. The summed E-state index contributed by atoms with van der Waals surface area (Å²) < 4.78 is 44.6. The topological polar surface area (TPSA) is 84.4 Å². The molecule has 1 saturated heterocycles. The lowest BCUT2D eigenvalue weighted by Gasteiger charge is -2.28. The van der Waals surface area contributed by atoms with Gasteiger partial charge in [-0.05, 0) is 30.5 Å². The number of morpholine rings is 1. The number of anilines is 1. The van der Waals surface area contributed by atoms with Gasteiger partial charge in [-0.25, -0.2) is 22.8 Å². The molecule has 1 aromatic carbocycles. The van der Waals surface area contributed by atoms with Gasteiger partial charge in [0.25, 0.3) is 0 Å². The monoisotopic (exact) mass is 466 g/mol. The maximum atomic E-state index is 13.3. The van der Waals surface area contributed by atoms with Gasteiger partial charge in [-0.15, -0.1) is 0 Å². The highest BCUT2D eigenvalue weighted by molar-refractivity contribution is 7.90. The molecule has 0 radical (unpaired) electrons. The van der Waals surface area contributed by atoms with Crippen LogP contribution in [0.4, 0.5) is 10.2 Å². The van der Waals surface area contributed by atoms with Crippen LogP contribution in [-0.2, 0) is 26.7 Å². The number of hydrogen-bond donors (Lipinski definition) is 1. The van der Waals surface area contributed by atoms with Gasteiger partial charge in [-0.2, -0.15) is 0 Å². The van der Waals surface area contributed by atoms with Crippen LogP contribution in [0.5, 0.6) is 0 Å². The summed E-state index contributed by atoms with van der Waals surface area (Å²) in [5.74, 6) is 0.201. The molecule has 0 saturated carbocycles. The van der Waals surface area contributed by atoms with Crippen LogP contribution < -0.4 is 10.2 Å². The first-order valence-corrected chi connectivity index (χ1v) is 11.8. The Balaban J connectivity index is 1.90. The van der Waals surface area contributed by atoms with E-state index in [1.54, 1.807) is 19.3 Å². The Kier molecular flexibility index (Phi) is 8.00. The molecule has 1 N–H and O–H groups in total. The van der Waals surface area contributed by atoms with E-state index in [1.807, 2.05) is 23.1 Å². The number of allylic oxidation sites excluding steroid dienone is 3. The fourth-order valence-corrected chi connectivity index (χ4v) is 4.90. The summed E-state index contributed by atoms with van der Waals surface area (Å²) in [6, 6.07) is 4.92. The van der Waals surface area contributed by atoms with E-state index in [9.17, 15) is 12.8 Å². The molecule has 10 heteroatoms. The van der Waals surface area contributed by atoms with Crippen molar-refractivity contribution in [3.05, 3.63) is 71.1 Å². The lowest BCUT2D eigenvalue weighted by molar-refractivity contribution is 0.122. The van der Waals surface area contributed by atoms with Crippen molar-refractivity contribution < 1.29 is 17.5 Å². The van der Waals surface area contributed by atoms with Crippen molar-refractivity contribution in [1.29, 1.82) is 0 Å². The van der Waals surface area contributed by atoms with Gasteiger partial charge in [0.1, 0.15) is 17.5 Å². The molecule has 0 bridgehead atoms. The number of aromatic nitrogens is 2. The predicted octanol–water partition coefficient (Wildman–Crippen LogP) is 2.91. The Morgan fingerprint density at radius 3 is 2.71 bits per heavy atom. The van der Waals surface area contributed by atoms with Crippen LogP contribution in [0.25, 0.3) is 0 Å². The molecule has 0 atom stereocenters. The van der Waals surface area contributed by atoms with Crippen LogP contribution in [-0.4, -0.2) is 51.7 Å². The fraction of sp³-hybridized carbons (Fsp3) is 0.333. The molecule has 1 aromatic heterocycles. The summed E-state index contributed by atoms with van der Waals surface area (Å²) in [6.45, 7) is 2.47. The Morgan fingerprint density at radius 1 is 1.23 bits per heavy atom. The molecule has 0 amide bonds. The third-order valence-electron chi connectivity index (χ3n) is 4.52. The normalized spacial score (nSPS) is 15.1. The summed E-state index contributed by atoms with van der Waals surface area (Å²) in [6.07, 6.45) is 7.81. The second-order valence-corrected chi connectivity index (χ2v) is 9.21. The minimum absolute atomic E-state index is 0.124. The number of sulfone groups is 1. The second kappa shape index (κ2) is 10.7. The number of halogens is 2. The minimum atomic E-state index is -3.83. The molecule has 166 valence electrons. The molecular formula is C21H24ClFN4O3S. The number of ether oxygens (including phenoxy) is 1. The van der Waals surface area contributed by atoms with E-state index in [-0.39, 0.29) is 15.7 Å². The average molecular weight is 467 g/mol. The molecule has 1 fully saturated rings. The molecule has 3 rings (SSSR count). The SMILES string of the molecule is CN/C=C\C=C/Cc1nc(CS(=O)(=O)c2ccc(F)cc2Cl)cc(N2CCOCC2)n1. The minimum Gasteiger partial charge on any atom is -0.394 e.